The topological polar surface area (TPSA) is 398 Å². The van der Waals surface area contributed by atoms with Gasteiger partial charge in [-0.25, -0.2) is 38.7 Å². The number of hydrogen-bond donors (Lipinski definition) is 8. The van der Waals surface area contributed by atoms with Crippen molar-refractivity contribution in [2.24, 2.45) is 9.98 Å². The Morgan fingerprint density at radius 1 is 0.491 bits per heavy atom. The number of nitrogens with zero attached hydrogens (tertiary/aromatic N) is 6. The van der Waals surface area contributed by atoms with E-state index in [1.54, 1.807) is 83.1 Å². The average Bonchev–Trinajstić information content (AvgIpc) is 1.06. The molecule has 0 aliphatic carbocycles. The lowest BCUT2D eigenvalue weighted by Gasteiger charge is -2.25. The van der Waals surface area contributed by atoms with Gasteiger partial charge in [-0.1, -0.05) is 13.2 Å². The van der Waals surface area contributed by atoms with E-state index in [9.17, 15) is 74.3 Å². The van der Waals surface area contributed by atoms with Crippen LogP contribution in [0.5, 0.6) is 11.5 Å². The summed E-state index contributed by atoms with van der Waals surface area (Å²) in [5.74, 6) is -6.34. The molecule has 0 spiro atoms. The van der Waals surface area contributed by atoms with Crippen LogP contribution in [0.4, 0.5) is 77.9 Å². The van der Waals surface area contributed by atoms with E-state index in [-0.39, 0.29) is 108 Å². The molecule has 8 N–H and O–H groups in total. The molecule has 2 aromatic carbocycles. The lowest BCUT2D eigenvalue weighted by molar-refractivity contribution is -0.138. The Balaban J connectivity index is 1.47. The summed E-state index contributed by atoms with van der Waals surface area (Å²) >= 11 is 0. The third-order valence-electron chi connectivity index (χ3n) is 13.6. The zero-order valence-electron chi connectivity index (χ0n) is 61.2. The molecule has 2 saturated heterocycles. The van der Waals surface area contributed by atoms with E-state index < -0.39 is 170 Å². The predicted octanol–water partition coefficient (Wildman–Crippen LogP) is 12.3. The molecule has 2 atom stereocenters. The minimum atomic E-state index is -5.18. The second kappa shape index (κ2) is 36.6. The highest BCUT2D eigenvalue weighted by molar-refractivity contribution is 6.09. The summed E-state index contributed by atoms with van der Waals surface area (Å²) < 4.78 is 133. The van der Waals surface area contributed by atoms with Gasteiger partial charge in [-0.05, 0) is 147 Å². The first-order valence-electron chi connectivity index (χ1n) is 33.2. The number of hydrogen-bond acceptors (Lipinski definition) is 20. The molecule has 3 aromatic rings. The first-order chi connectivity index (χ1) is 49.0. The van der Waals surface area contributed by atoms with Crippen LogP contribution >= 0.6 is 0 Å². The van der Waals surface area contributed by atoms with Gasteiger partial charge in [0, 0.05) is 57.9 Å². The minimum absolute atomic E-state index is 0.00304. The van der Waals surface area contributed by atoms with Gasteiger partial charge in [0.2, 0.25) is 23.7 Å². The number of carbonyl (C=O) groups is 10. The third kappa shape index (κ3) is 30.4. The van der Waals surface area contributed by atoms with Crippen LogP contribution in [-0.2, 0) is 50.4 Å². The Labute approximate surface area is 607 Å². The van der Waals surface area contributed by atoms with Crippen LogP contribution < -0.4 is 52.0 Å². The Morgan fingerprint density at radius 3 is 1.23 bits per heavy atom. The van der Waals surface area contributed by atoms with Gasteiger partial charge < -0.3 is 79.6 Å². The Morgan fingerprint density at radius 2 is 0.858 bits per heavy atom. The number of anilines is 4. The first kappa shape index (κ1) is 85.7. The van der Waals surface area contributed by atoms with Crippen LogP contribution in [0.1, 0.15) is 180 Å². The van der Waals surface area contributed by atoms with Gasteiger partial charge in [-0.15, -0.1) is 9.98 Å². The van der Waals surface area contributed by atoms with Crippen molar-refractivity contribution in [3.63, 3.8) is 0 Å². The smallest absolute Gasteiger partial charge is 0.441 e. The van der Waals surface area contributed by atoms with Gasteiger partial charge in [0.1, 0.15) is 52.3 Å². The molecule has 2 fully saturated rings. The van der Waals surface area contributed by atoms with Crippen LogP contribution in [0.15, 0.2) is 71.3 Å². The Bertz CT molecular complexity index is 3840. The molecular formula is C68H90F6N14O18. The summed E-state index contributed by atoms with van der Waals surface area (Å²) in [6.45, 7) is 28.5. The van der Waals surface area contributed by atoms with Crippen molar-refractivity contribution in [3.8, 4) is 11.5 Å². The minimum Gasteiger partial charge on any atom is -0.484 e. The number of likely N-dealkylation sites (tertiary alicyclic amines) is 2. The number of carbonyl (C=O) groups excluding carboxylic acids is 10. The SMILES string of the molecule is C=C(C)OC(=O)/N=C(/NCCCCC(=O)Nc1cc(C(F)(F)F)cc(NC(=O)c2cc(C(=O)Nc3cc(C(F)(F)F)cc(NC(=O)CCCCN/C(=N/C(=O)OC(C)(C)C)NC(=O)OC(C)(C)C)c3O[C@@H]3CCN(C(=O)OC(C)(C)C)C3)ncn2)c1O[C@@H]1CCN(C(=O)OC(C)(C)C)C1)NC(=O)OC(=C)C. The van der Waals surface area contributed by atoms with Crippen molar-refractivity contribution in [1.82, 2.24) is 41.0 Å². The lowest BCUT2D eigenvalue weighted by atomic mass is 10.1. The zero-order valence-corrected chi connectivity index (χ0v) is 61.2. The number of nitrogens with one attached hydrogen (secondary N) is 8. The van der Waals surface area contributed by atoms with Gasteiger partial charge in [0.15, 0.2) is 11.5 Å². The quantitative estimate of drug-likeness (QED) is 0.0116. The van der Waals surface area contributed by atoms with Crippen molar-refractivity contribution in [1.29, 1.82) is 0 Å². The van der Waals surface area contributed by atoms with Gasteiger partial charge in [0.05, 0.1) is 58.5 Å². The number of halogens is 6. The van der Waals surface area contributed by atoms with E-state index in [2.05, 4.69) is 75.6 Å². The van der Waals surface area contributed by atoms with E-state index in [0.29, 0.717) is 30.6 Å². The number of ether oxygens (including phenoxy) is 8. The molecule has 1 aromatic heterocycles. The molecule has 0 unspecified atom stereocenters. The van der Waals surface area contributed by atoms with Crippen molar-refractivity contribution < 1.29 is 112 Å². The highest BCUT2D eigenvalue weighted by Gasteiger charge is 2.39. The maximum atomic E-state index is 15.0. The van der Waals surface area contributed by atoms with Crippen molar-refractivity contribution in [2.45, 2.75) is 195 Å². The van der Waals surface area contributed by atoms with E-state index in [4.69, 9.17) is 37.9 Å². The van der Waals surface area contributed by atoms with Crippen molar-refractivity contribution in [3.05, 3.63) is 83.9 Å². The number of rotatable bonds is 22. The number of alkyl carbamates (subject to hydrolysis) is 2. The second-order valence-corrected chi connectivity index (χ2v) is 28.1. The molecule has 0 bridgehead atoms. The number of aliphatic imine (C=N–C) groups is 2. The molecule has 0 saturated carbocycles. The van der Waals surface area contributed by atoms with Crippen LogP contribution in [0.2, 0.25) is 0 Å². The van der Waals surface area contributed by atoms with Crippen molar-refractivity contribution >= 4 is 94.9 Å². The fraction of sp³-hybridized carbons (Fsp3) is 0.529. The van der Waals surface area contributed by atoms with Crippen LogP contribution in [-0.4, -0.2) is 166 Å². The second-order valence-electron chi connectivity index (χ2n) is 28.1. The lowest BCUT2D eigenvalue weighted by Crippen LogP contribution is -2.44. The number of allylic oxidation sites excluding steroid dienone is 2. The van der Waals surface area contributed by atoms with Crippen LogP contribution in [0, 0.1) is 0 Å². The number of aromatic nitrogens is 2. The summed E-state index contributed by atoms with van der Waals surface area (Å²) in [7, 11) is 0. The van der Waals surface area contributed by atoms with Crippen molar-refractivity contribution in [2.75, 3.05) is 60.5 Å². The number of amides is 10. The van der Waals surface area contributed by atoms with Gasteiger partial charge >= 0.3 is 48.9 Å². The van der Waals surface area contributed by atoms with Gasteiger partial charge in [-0.2, -0.15) is 26.3 Å². The summed E-state index contributed by atoms with van der Waals surface area (Å²) in [6, 6.07) is 2.77. The largest absolute Gasteiger partial charge is 0.484 e. The third-order valence-corrected chi connectivity index (χ3v) is 13.6. The Hall–Kier alpha value is -11.0. The van der Waals surface area contributed by atoms with Crippen LogP contribution in [0.25, 0.3) is 0 Å². The molecule has 2 aliphatic rings. The maximum Gasteiger partial charge on any atom is 0.441 e. The normalized spacial score (nSPS) is 15.0. The molecule has 3 heterocycles. The highest BCUT2D eigenvalue weighted by Crippen LogP contribution is 2.44. The molecule has 0 radical (unpaired) electrons. The number of guanidine groups is 2. The standard InChI is InChI=1S/C68H90F6N14O18/c1-37(2)99-57(93)83-55(84-58(94)100-38(3)4)75-25-19-17-21-49(89)79-43-29-39(67(69,70)71)31-45(51(43)101-41-23-27-87(34-41)61(97)105-65(11,12)13)81-53(91)47-33-48(78-36-77-47)54(92)82-46-32-40(68(72,73)74)30-44(52(46)102-42-24-28-88(35-42)62(98)106-66(14,15)16)80-50(90)22-18-20-26-76-56(85-59(95)103-63(5,6)7)86-60(96)104-64(8,9)10/h29-33,36,41-42H,1,3,17-28,34-35H2,2,4-16H3,(H,79,89)(H,80,90)(H,81,91)(H,82,92)(H2,75,83,84,93,94)(H2,76,85,86,95,96)/t41-,42-/m1/s1. The summed E-state index contributed by atoms with van der Waals surface area (Å²) in [5.41, 5.74) is -10.8. The molecule has 32 nitrogen and oxygen atoms in total. The molecule has 38 heteroatoms. The van der Waals surface area contributed by atoms with E-state index in [0.717, 1.165) is 6.07 Å². The van der Waals surface area contributed by atoms with Crippen LogP contribution in [0.3, 0.4) is 0 Å². The molecule has 106 heavy (non-hydrogen) atoms. The molecule has 2 aliphatic heterocycles. The number of unbranched alkanes of at least 4 members (excludes halogenated alkanes) is 2. The summed E-state index contributed by atoms with van der Waals surface area (Å²) in [4.78, 5) is 150. The molecule has 582 valence electrons. The van der Waals surface area contributed by atoms with Gasteiger partial charge in [-0.3, -0.25) is 29.8 Å². The zero-order chi connectivity index (χ0) is 79.5. The Kier molecular flexibility index (Phi) is 29.6. The molecule has 10 amide bonds. The molecular weight excluding hydrogens is 1410 g/mol. The van der Waals surface area contributed by atoms with E-state index >= 15 is 0 Å². The predicted molar refractivity (Wildman–Crippen MR) is 372 cm³/mol. The van der Waals surface area contributed by atoms with E-state index in [1.807, 2.05) is 0 Å². The molecule has 5 rings (SSSR count). The summed E-state index contributed by atoms with van der Waals surface area (Å²) in [6.07, 6.45) is -17.9. The number of alkyl halides is 6. The van der Waals surface area contributed by atoms with Gasteiger partial charge in [0.25, 0.3) is 11.8 Å². The number of benzene rings is 2. The highest BCUT2D eigenvalue weighted by atomic mass is 19.4. The maximum absolute atomic E-state index is 15.0. The average molecular weight is 1510 g/mol. The fourth-order valence-corrected chi connectivity index (χ4v) is 9.36. The summed E-state index contributed by atoms with van der Waals surface area (Å²) in [5, 5.41) is 19.4. The first-order valence-corrected chi connectivity index (χ1v) is 33.2. The fourth-order valence-electron chi connectivity index (χ4n) is 9.36. The monoisotopic (exact) mass is 1500 g/mol. The van der Waals surface area contributed by atoms with E-state index in [1.165, 1.54) is 23.6 Å².